The summed E-state index contributed by atoms with van der Waals surface area (Å²) in [4.78, 5) is 15.4. The topological polar surface area (TPSA) is 74.4 Å². The van der Waals surface area contributed by atoms with Gasteiger partial charge in [0, 0.05) is 24.2 Å². The molecule has 1 aromatic heterocycles. The number of aromatic nitrogens is 1. The monoisotopic (exact) mass is 366 g/mol. The maximum Gasteiger partial charge on any atom is 0.332 e. The molecule has 2 N–H and O–H groups in total. The molecule has 0 unspecified atom stereocenters. The van der Waals surface area contributed by atoms with E-state index in [0.29, 0.717) is 18.9 Å². The first-order valence-corrected chi connectivity index (χ1v) is 8.86. The van der Waals surface area contributed by atoms with Crippen molar-refractivity contribution >= 4 is 12.0 Å². The zero-order valence-corrected chi connectivity index (χ0v) is 15.9. The highest BCUT2D eigenvalue weighted by molar-refractivity contribution is 5.82. The van der Waals surface area contributed by atoms with Crippen LogP contribution in [0.25, 0.3) is 6.08 Å². The van der Waals surface area contributed by atoms with Crippen LogP contribution < -0.4 is 5.73 Å². The molecule has 5 nitrogen and oxygen atoms in total. The van der Waals surface area contributed by atoms with E-state index in [9.17, 15) is 4.79 Å². The number of hydrogen-bond acceptors (Lipinski definition) is 5. The number of esters is 1. The van der Waals surface area contributed by atoms with Crippen LogP contribution >= 0.6 is 0 Å². The summed E-state index contributed by atoms with van der Waals surface area (Å²) in [6.45, 7) is 4.69. The Kier molecular flexibility index (Phi) is 8.26. The average molecular weight is 366 g/mol. The molecule has 0 saturated carbocycles. The summed E-state index contributed by atoms with van der Waals surface area (Å²) in [5, 5.41) is 0. The molecule has 0 saturated heterocycles. The number of pyridine rings is 1. The first kappa shape index (κ1) is 20.4. The van der Waals surface area contributed by atoms with Crippen LogP contribution in [0.1, 0.15) is 30.5 Å². The molecule has 0 amide bonds. The number of rotatable bonds is 9. The molecule has 0 aliphatic carbocycles. The lowest BCUT2D eigenvalue weighted by Gasteiger charge is -2.06. The van der Waals surface area contributed by atoms with Gasteiger partial charge in [-0.05, 0) is 48.6 Å². The van der Waals surface area contributed by atoms with E-state index < -0.39 is 5.97 Å². The van der Waals surface area contributed by atoms with Crippen LogP contribution in [-0.4, -0.2) is 30.8 Å². The van der Waals surface area contributed by atoms with Crippen LogP contribution in [0.2, 0.25) is 0 Å². The van der Waals surface area contributed by atoms with Crippen molar-refractivity contribution in [2.45, 2.75) is 20.3 Å². The summed E-state index contributed by atoms with van der Waals surface area (Å²) in [6.07, 6.45) is 7.88. The second-order valence-electron chi connectivity index (χ2n) is 6.38. The molecule has 0 bridgehead atoms. The summed E-state index contributed by atoms with van der Waals surface area (Å²) >= 11 is 0. The third kappa shape index (κ3) is 8.33. The van der Waals surface area contributed by atoms with Gasteiger partial charge in [0.25, 0.3) is 0 Å². The van der Waals surface area contributed by atoms with Gasteiger partial charge >= 0.3 is 5.97 Å². The third-order valence-corrected chi connectivity index (χ3v) is 3.67. The Balaban J connectivity index is 1.73. The summed E-state index contributed by atoms with van der Waals surface area (Å²) in [7, 11) is 0. The van der Waals surface area contributed by atoms with Crippen LogP contribution in [0, 0.1) is 0 Å². The Morgan fingerprint density at radius 2 is 1.89 bits per heavy atom. The smallest absolute Gasteiger partial charge is 0.332 e. The lowest BCUT2D eigenvalue weighted by atomic mass is 10.0. The second-order valence-corrected chi connectivity index (χ2v) is 6.38. The molecule has 1 aromatic carbocycles. The number of ether oxygens (including phenoxy) is 2. The number of nitrogens with zero attached hydrogens (tertiary/aromatic N) is 1. The van der Waals surface area contributed by atoms with Crippen molar-refractivity contribution in [3.63, 3.8) is 0 Å². The highest BCUT2D eigenvalue weighted by Crippen LogP contribution is 2.12. The Bertz CT molecular complexity index is 777. The van der Waals surface area contributed by atoms with E-state index >= 15 is 0 Å². The quantitative estimate of drug-likeness (QED) is 0.418. The van der Waals surface area contributed by atoms with Gasteiger partial charge < -0.3 is 15.2 Å². The van der Waals surface area contributed by atoms with Crippen LogP contribution in [0.15, 0.2) is 66.1 Å². The maximum atomic E-state index is 11.3. The largest absolute Gasteiger partial charge is 0.460 e. The first-order chi connectivity index (χ1) is 13.0. The maximum absolute atomic E-state index is 11.3. The standard InChI is InChI=1S/C22H26N2O3/c1-17(16-26-10-11-27-22(25)13-18(2)23)12-19-5-7-20(8-6-19)14-21-4-3-9-24-15-21/h3-9,12-13,15H,10-11,14,16,23H2,1-2H3/b17-12?,18-13-. The fraction of sp³-hybridized carbons (Fsp3) is 0.273. The van der Waals surface area contributed by atoms with Crippen LogP contribution in [0.5, 0.6) is 0 Å². The minimum Gasteiger partial charge on any atom is -0.460 e. The van der Waals surface area contributed by atoms with Gasteiger partial charge in [-0.2, -0.15) is 0 Å². The van der Waals surface area contributed by atoms with Gasteiger partial charge in [0.2, 0.25) is 0 Å². The molecule has 0 atom stereocenters. The number of carbonyl (C=O) groups excluding carboxylic acids is 1. The number of benzene rings is 1. The minimum absolute atomic E-state index is 0.207. The second kappa shape index (κ2) is 10.9. The summed E-state index contributed by atoms with van der Waals surface area (Å²) in [5.74, 6) is -0.447. The van der Waals surface area contributed by atoms with Crippen molar-refractivity contribution in [2.75, 3.05) is 19.8 Å². The van der Waals surface area contributed by atoms with Crippen LogP contribution in [0.3, 0.4) is 0 Å². The van der Waals surface area contributed by atoms with Gasteiger partial charge in [0.05, 0.1) is 13.2 Å². The Labute approximate surface area is 160 Å². The molecule has 0 aliphatic heterocycles. The third-order valence-electron chi connectivity index (χ3n) is 3.67. The van der Waals surface area contributed by atoms with Crippen molar-refractivity contribution in [1.29, 1.82) is 0 Å². The molecular weight excluding hydrogens is 340 g/mol. The van der Waals surface area contributed by atoms with Crippen molar-refractivity contribution in [1.82, 2.24) is 4.98 Å². The molecule has 0 fully saturated rings. The van der Waals surface area contributed by atoms with Crippen molar-refractivity contribution in [3.8, 4) is 0 Å². The summed E-state index contributed by atoms with van der Waals surface area (Å²) in [5.41, 5.74) is 10.5. The number of allylic oxidation sites excluding steroid dienone is 1. The fourth-order valence-corrected chi connectivity index (χ4v) is 2.46. The van der Waals surface area contributed by atoms with Gasteiger partial charge in [0.15, 0.2) is 0 Å². The van der Waals surface area contributed by atoms with Gasteiger partial charge in [0.1, 0.15) is 6.61 Å². The van der Waals surface area contributed by atoms with E-state index in [1.165, 1.54) is 17.2 Å². The van der Waals surface area contributed by atoms with Gasteiger partial charge in [-0.15, -0.1) is 0 Å². The van der Waals surface area contributed by atoms with E-state index in [1.807, 2.05) is 19.2 Å². The Hall–Kier alpha value is -2.92. The van der Waals surface area contributed by atoms with Gasteiger partial charge in [-0.1, -0.05) is 36.4 Å². The summed E-state index contributed by atoms with van der Waals surface area (Å²) in [6, 6.07) is 12.5. The minimum atomic E-state index is -0.447. The predicted octanol–water partition coefficient (Wildman–Crippen LogP) is 3.50. The first-order valence-electron chi connectivity index (χ1n) is 8.86. The average Bonchev–Trinajstić information content (AvgIpc) is 2.63. The summed E-state index contributed by atoms with van der Waals surface area (Å²) < 4.78 is 10.5. The molecule has 142 valence electrons. The number of hydrogen-bond donors (Lipinski definition) is 1. The predicted molar refractivity (Wildman–Crippen MR) is 107 cm³/mol. The number of carbonyl (C=O) groups is 1. The van der Waals surface area contributed by atoms with Gasteiger partial charge in [-0.3, -0.25) is 4.98 Å². The zero-order valence-electron chi connectivity index (χ0n) is 15.9. The Morgan fingerprint density at radius 3 is 2.56 bits per heavy atom. The molecule has 1 heterocycles. The van der Waals surface area contributed by atoms with Crippen LogP contribution in [0.4, 0.5) is 0 Å². The van der Waals surface area contributed by atoms with E-state index in [0.717, 1.165) is 17.6 Å². The van der Waals surface area contributed by atoms with E-state index in [2.05, 4.69) is 41.4 Å². The molecule has 5 heteroatoms. The number of nitrogens with two attached hydrogens (primary N) is 1. The Morgan fingerprint density at radius 1 is 1.11 bits per heavy atom. The van der Waals surface area contributed by atoms with Crippen molar-refractivity contribution < 1.29 is 14.3 Å². The van der Waals surface area contributed by atoms with Gasteiger partial charge in [-0.25, -0.2) is 4.79 Å². The molecule has 2 rings (SSSR count). The van der Waals surface area contributed by atoms with E-state index in [4.69, 9.17) is 15.2 Å². The van der Waals surface area contributed by atoms with Crippen molar-refractivity contribution in [2.24, 2.45) is 5.73 Å². The highest BCUT2D eigenvalue weighted by atomic mass is 16.6. The van der Waals surface area contributed by atoms with E-state index in [-0.39, 0.29) is 6.61 Å². The molecule has 0 spiro atoms. The highest BCUT2D eigenvalue weighted by Gasteiger charge is 1.99. The molecule has 0 aliphatic rings. The molecule has 0 radical (unpaired) electrons. The fourth-order valence-electron chi connectivity index (χ4n) is 2.46. The molecular formula is C22H26N2O3. The van der Waals surface area contributed by atoms with Crippen molar-refractivity contribution in [3.05, 3.63) is 82.8 Å². The zero-order chi connectivity index (χ0) is 19.5. The normalized spacial score (nSPS) is 12.1. The SMILES string of the molecule is CC(=Cc1ccc(Cc2cccnc2)cc1)COCCOC(=O)/C=C(/C)N. The lowest BCUT2D eigenvalue weighted by Crippen LogP contribution is -2.10. The van der Waals surface area contributed by atoms with Crippen LogP contribution in [-0.2, 0) is 20.7 Å². The molecule has 27 heavy (non-hydrogen) atoms. The lowest BCUT2D eigenvalue weighted by molar-refractivity contribution is -0.139. The molecule has 2 aromatic rings. The van der Waals surface area contributed by atoms with E-state index in [1.54, 1.807) is 13.1 Å².